The summed E-state index contributed by atoms with van der Waals surface area (Å²) in [7, 11) is -3.79. The Morgan fingerprint density at radius 3 is 2.26 bits per heavy atom. The first-order chi connectivity index (χ1) is 14.7. The second kappa shape index (κ2) is 8.46. The second-order valence-electron chi connectivity index (χ2n) is 7.47. The molecule has 1 aliphatic heterocycles. The number of nitrogens with two attached hydrogens (primary N) is 1. The van der Waals surface area contributed by atoms with Crippen molar-refractivity contribution in [1.82, 2.24) is 14.9 Å². The van der Waals surface area contributed by atoms with E-state index < -0.39 is 10.0 Å². The molecule has 2 N–H and O–H groups in total. The zero-order chi connectivity index (χ0) is 22.2. The van der Waals surface area contributed by atoms with E-state index in [4.69, 9.17) is 9.88 Å². The van der Waals surface area contributed by atoms with Crippen LogP contribution in [0, 0.1) is 0 Å². The third-order valence-corrected chi connectivity index (χ3v) is 6.94. The molecule has 1 aromatic carbocycles. The molecule has 31 heavy (non-hydrogen) atoms. The molecule has 1 saturated heterocycles. The second-order valence-corrected chi connectivity index (χ2v) is 10.0. The predicted molar refractivity (Wildman–Crippen MR) is 118 cm³/mol. The number of primary sulfonamides is 1. The van der Waals surface area contributed by atoms with Gasteiger partial charge in [0.25, 0.3) is 5.91 Å². The van der Waals surface area contributed by atoms with Gasteiger partial charge in [0.1, 0.15) is 0 Å². The molecule has 0 spiro atoms. The maximum atomic E-state index is 13.2. The summed E-state index contributed by atoms with van der Waals surface area (Å²) < 4.78 is 28.9. The fraction of sp³-hybridized carbons (Fsp3) is 0.286. The van der Waals surface area contributed by atoms with Crippen LogP contribution in [0.3, 0.4) is 0 Å². The van der Waals surface area contributed by atoms with Crippen LogP contribution >= 0.6 is 11.3 Å². The van der Waals surface area contributed by atoms with Crippen molar-refractivity contribution in [2.75, 3.05) is 13.1 Å². The molecule has 1 fully saturated rings. The Balaban J connectivity index is 1.76. The summed E-state index contributed by atoms with van der Waals surface area (Å²) in [5.74, 6) is -0.144. The maximum Gasteiger partial charge on any atom is 0.283 e. The van der Waals surface area contributed by atoms with Crippen LogP contribution in [-0.2, 0) is 14.8 Å². The van der Waals surface area contributed by atoms with Gasteiger partial charge in [-0.15, -0.1) is 11.3 Å². The van der Waals surface area contributed by atoms with Crippen LogP contribution in [0.4, 0.5) is 0 Å². The van der Waals surface area contributed by atoms with Crippen molar-refractivity contribution in [2.45, 2.75) is 31.0 Å². The number of carbonyl (C=O) groups is 1. The Morgan fingerprint density at radius 2 is 1.68 bits per heavy atom. The van der Waals surface area contributed by atoms with Crippen molar-refractivity contribution in [3.05, 3.63) is 53.8 Å². The molecule has 2 unspecified atom stereocenters. The molecule has 3 aromatic rings. The van der Waals surface area contributed by atoms with Crippen LogP contribution in [0.5, 0.6) is 0 Å². The number of aromatic nitrogens is 2. The normalized spacial score (nSPS) is 19.4. The molecule has 0 radical (unpaired) electrons. The molecule has 1 amide bonds. The maximum absolute atomic E-state index is 13.2. The Hall–Kier alpha value is -2.66. The van der Waals surface area contributed by atoms with E-state index in [1.807, 2.05) is 26.0 Å². The monoisotopic (exact) mass is 458 g/mol. The molecule has 0 saturated carbocycles. The SMILES string of the molecule is CC1CN(C(=O)c2nc(-c3ccncc3)c(-c3ccc(S(N)(=O)=O)cc3)s2)CC(C)O1. The van der Waals surface area contributed by atoms with E-state index in [-0.39, 0.29) is 23.0 Å². The van der Waals surface area contributed by atoms with E-state index in [0.29, 0.717) is 23.8 Å². The molecule has 0 bridgehead atoms. The van der Waals surface area contributed by atoms with Gasteiger partial charge in [0.2, 0.25) is 10.0 Å². The number of amides is 1. The summed E-state index contributed by atoms with van der Waals surface area (Å²) in [6.45, 7) is 4.90. The van der Waals surface area contributed by atoms with Gasteiger partial charge in [0, 0.05) is 31.0 Å². The fourth-order valence-corrected chi connectivity index (χ4v) is 5.16. The number of carbonyl (C=O) groups excluding carboxylic acids is 1. The Kier molecular flexibility index (Phi) is 5.89. The zero-order valence-corrected chi connectivity index (χ0v) is 18.7. The molecule has 162 valence electrons. The lowest BCUT2D eigenvalue weighted by Gasteiger charge is -2.34. The lowest BCUT2D eigenvalue weighted by Crippen LogP contribution is -2.48. The Bertz CT molecular complexity index is 1180. The molecular weight excluding hydrogens is 436 g/mol. The highest BCUT2D eigenvalue weighted by atomic mass is 32.2. The van der Waals surface area contributed by atoms with Crippen molar-refractivity contribution < 1.29 is 17.9 Å². The molecular formula is C21H22N4O4S2. The van der Waals surface area contributed by atoms with Gasteiger partial charge in [-0.25, -0.2) is 18.5 Å². The van der Waals surface area contributed by atoms with E-state index >= 15 is 0 Å². The highest BCUT2D eigenvalue weighted by Crippen LogP contribution is 2.37. The van der Waals surface area contributed by atoms with Crippen LogP contribution < -0.4 is 5.14 Å². The molecule has 10 heteroatoms. The first-order valence-corrected chi connectivity index (χ1v) is 12.1. The predicted octanol–water partition coefficient (Wildman–Crippen LogP) is 2.77. The lowest BCUT2D eigenvalue weighted by molar-refractivity contribution is -0.0586. The quantitative estimate of drug-likeness (QED) is 0.643. The molecule has 4 rings (SSSR count). The van der Waals surface area contributed by atoms with Gasteiger partial charge in [-0.3, -0.25) is 9.78 Å². The standard InChI is InChI=1S/C21H22N4O4S2/c1-13-11-25(12-14(2)29-13)21(26)20-24-18(15-7-9-23-10-8-15)19(30-20)16-3-5-17(6-4-16)31(22,27)28/h3-10,13-14H,11-12H2,1-2H3,(H2,22,27,28). The first kappa shape index (κ1) is 21.6. The van der Waals surface area contributed by atoms with E-state index in [0.717, 1.165) is 16.0 Å². The topological polar surface area (TPSA) is 115 Å². The Morgan fingerprint density at radius 1 is 1.06 bits per heavy atom. The van der Waals surface area contributed by atoms with Gasteiger partial charge in [-0.2, -0.15) is 0 Å². The van der Waals surface area contributed by atoms with Crippen molar-refractivity contribution in [3.63, 3.8) is 0 Å². The number of benzene rings is 1. The highest BCUT2D eigenvalue weighted by molar-refractivity contribution is 7.89. The van der Waals surface area contributed by atoms with E-state index in [1.54, 1.807) is 29.4 Å². The van der Waals surface area contributed by atoms with Crippen molar-refractivity contribution >= 4 is 27.3 Å². The molecule has 3 heterocycles. The fourth-order valence-electron chi connectivity index (χ4n) is 3.59. The summed E-state index contributed by atoms with van der Waals surface area (Å²) in [6.07, 6.45) is 3.24. The number of morpholine rings is 1. The van der Waals surface area contributed by atoms with Crippen LogP contribution in [0.2, 0.25) is 0 Å². The average molecular weight is 459 g/mol. The van der Waals surface area contributed by atoms with Gasteiger partial charge in [0.05, 0.1) is 27.7 Å². The molecule has 0 aliphatic carbocycles. The minimum Gasteiger partial charge on any atom is -0.372 e. The number of hydrogen-bond acceptors (Lipinski definition) is 7. The molecule has 2 atom stereocenters. The third-order valence-electron chi connectivity index (χ3n) is 4.92. The van der Waals surface area contributed by atoms with Crippen LogP contribution in [0.25, 0.3) is 21.7 Å². The number of nitrogens with zero attached hydrogens (tertiary/aromatic N) is 3. The summed E-state index contributed by atoms with van der Waals surface area (Å²) in [5, 5.41) is 5.58. The van der Waals surface area contributed by atoms with Crippen LogP contribution in [-0.4, -0.2) is 54.5 Å². The van der Waals surface area contributed by atoms with E-state index in [2.05, 4.69) is 9.97 Å². The molecule has 1 aliphatic rings. The van der Waals surface area contributed by atoms with Crippen LogP contribution in [0.1, 0.15) is 23.6 Å². The average Bonchev–Trinajstić information content (AvgIpc) is 3.18. The number of pyridine rings is 1. The van der Waals surface area contributed by atoms with Crippen molar-refractivity contribution in [2.24, 2.45) is 5.14 Å². The van der Waals surface area contributed by atoms with Gasteiger partial charge >= 0.3 is 0 Å². The molecule has 8 nitrogen and oxygen atoms in total. The number of ether oxygens (including phenoxy) is 1. The van der Waals surface area contributed by atoms with E-state index in [1.165, 1.54) is 23.5 Å². The van der Waals surface area contributed by atoms with Gasteiger partial charge in [-0.05, 0) is 43.7 Å². The minimum atomic E-state index is -3.79. The van der Waals surface area contributed by atoms with Crippen molar-refractivity contribution in [1.29, 1.82) is 0 Å². The highest BCUT2D eigenvalue weighted by Gasteiger charge is 2.29. The zero-order valence-electron chi connectivity index (χ0n) is 17.1. The van der Waals surface area contributed by atoms with Crippen LogP contribution in [0.15, 0.2) is 53.7 Å². The summed E-state index contributed by atoms with van der Waals surface area (Å²) in [4.78, 5) is 24.5. The largest absolute Gasteiger partial charge is 0.372 e. The minimum absolute atomic E-state index is 0.0267. The number of thiazole rings is 1. The van der Waals surface area contributed by atoms with Gasteiger partial charge in [0.15, 0.2) is 5.01 Å². The summed E-state index contributed by atoms with van der Waals surface area (Å²) in [6, 6.07) is 9.89. The van der Waals surface area contributed by atoms with Gasteiger partial charge < -0.3 is 9.64 Å². The van der Waals surface area contributed by atoms with Crippen molar-refractivity contribution in [3.8, 4) is 21.7 Å². The Labute approximate surface area is 184 Å². The summed E-state index contributed by atoms with van der Waals surface area (Å²) in [5.41, 5.74) is 2.22. The molecule has 2 aromatic heterocycles. The number of hydrogen-bond donors (Lipinski definition) is 1. The lowest BCUT2D eigenvalue weighted by atomic mass is 10.1. The third kappa shape index (κ3) is 4.67. The van der Waals surface area contributed by atoms with Gasteiger partial charge in [-0.1, -0.05) is 12.1 Å². The summed E-state index contributed by atoms with van der Waals surface area (Å²) >= 11 is 1.28. The smallest absolute Gasteiger partial charge is 0.283 e. The first-order valence-electron chi connectivity index (χ1n) is 9.71. The van der Waals surface area contributed by atoms with E-state index in [9.17, 15) is 13.2 Å². The number of rotatable bonds is 4. The number of sulfonamides is 1.